The van der Waals surface area contributed by atoms with Crippen molar-refractivity contribution in [3.8, 4) is 0 Å². The summed E-state index contributed by atoms with van der Waals surface area (Å²) in [5.41, 5.74) is 12.8. The highest BCUT2D eigenvalue weighted by atomic mass is 15.2. The van der Waals surface area contributed by atoms with Gasteiger partial charge in [0.2, 0.25) is 0 Å². The van der Waals surface area contributed by atoms with Crippen molar-refractivity contribution in [2.45, 2.75) is 46.4 Å². The van der Waals surface area contributed by atoms with Gasteiger partial charge in [-0.3, -0.25) is 4.90 Å². The zero-order chi connectivity index (χ0) is 13.7. The highest BCUT2D eigenvalue weighted by Gasteiger charge is 2.23. The highest BCUT2D eigenvalue weighted by Crippen LogP contribution is 2.32. The number of aryl methyl sites for hydroxylation is 1. The predicted molar refractivity (Wildman–Crippen MR) is 79.9 cm³/mol. The zero-order valence-electron chi connectivity index (χ0n) is 12.3. The Labute approximate surface area is 115 Å². The van der Waals surface area contributed by atoms with Crippen molar-refractivity contribution >= 4 is 10.9 Å². The number of nitrogens with zero attached hydrogens (tertiary/aromatic N) is 2. The number of nitrogens with two attached hydrogens (primary N) is 1. The van der Waals surface area contributed by atoms with E-state index in [1.165, 1.54) is 33.3 Å². The lowest BCUT2D eigenvalue weighted by molar-refractivity contribution is 0.227. The second-order valence-corrected chi connectivity index (χ2v) is 5.96. The van der Waals surface area contributed by atoms with Crippen molar-refractivity contribution in [1.29, 1.82) is 0 Å². The van der Waals surface area contributed by atoms with E-state index in [9.17, 15) is 0 Å². The van der Waals surface area contributed by atoms with Gasteiger partial charge in [-0.05, 0) is 49.6 Å². The van der Waals surface area contributed by atoms with Crippen molar-refractivity contribution in [1.82, 2.24) is 9.47 Å². The second kappa shape index (κ2) is 4.36. The lowest BCUT2D eigenvalue weighted by atomic mass is 10.0. The van der Waals surface area contributed by atoms with E-state index in [0.717, 1.165) is 13.1 Å². The van der Waals surface area contributed by atoms with Gasteiger partial charge in [-0.2, -0.15) is 0 Å². The maximum absolute atomic E-state index is 5.93. The van der Waals surface area contributed by atoms with Crippen LogP contribution in [0.1, 0.15) is 36.2 Å². The third kappa shape index (κ3) is 1.80. The third-order valence-corrected chi connectivity index (χ3v) is 4.63. The quantitative estimate of drug-likeness (QED) is 0.897. The van der Waals surface area contributed by atoms with Gasteiger partial charge in [0.1, 0.15) is 0 Å². The Balaban J connectivity index is 2.17. The molecule has 0 fully saturated rings. The fourth-order valence-corrected chi connectivity index (χ4v) is 3.18. The maximum atomic E-state index is 5.93. The molecule has 1 aromatic heterocycles. The minimum atomic E-state index is 0.603. The van der Waals surface area contributed by atoms with E-state index in [-0.39, 0.29) is 0 Å². The van der Waals surface area contributed by atoms with Crippen LogP contribution >= 0.6 is 0 Å². The van der Waals surface area contributed by atoms with Crippen LogP contribution in [0.25, 0.3) is 10.9 Å². The Morgan fingerprint density at radius 3 is 2.42 bits per heavy atom. The van der Waals surface area contributed by atoms with Gasteiger partial charge in [0.05, 0.1) is 0 Å². The number of benzene rings is 1. The number of fused-ring (bicyclic) bond motifs is 2. The Bertz CT molecular complexity index is 637. The van der Waals surface area contributed by atoms with Crippen molar-refractivity contribution in [3.63, 3.8) is 0 Å². The van der Waals surface area contributed by atoms with E-state index in [1.807, 2.05) is 0 Å². The van der Waals surface area contributed by atoms with Crippen LogP contribution < -0.4 is 5.73 Å². The smallest absolute Gasteiger partial charge is 0.0486 e. The fourth-order valence-electron chi connectivity index (χ4n) is 3.18. The van der Waals surface area contributed by atoms with Gasteiger partial charge in [0.25, 0.3) is 0 Å². The first-order valence-corrected chi connectivity index (χ1v) is 7.06. The average molecular weight is 257 g/mol. The average Bonchev–Trinajstić information content (AvgIpc) is 2.89. The van der Waals surface area contributed by atoms with E-state index in [0.29, 0.717) is 12.6 Å². The van der Waals surface area contributed by atoms with E-state index in [1.54, 1.807) is 0 Å². The SMILES string of the molecule is Cc1c(CN)c2cc3c(cc2n1C)CN(C(C)C)C3. The summed E-state index contributed by atoms with van der Waals surface area (Å²) in [6, 6.07) is 5.33. The molecule has 0 amide bonds. The summed E-state index contributed by atoms with van der Waals surface area (Å²) in [5, 5.41) is 1.34. The first kappa shape index (κ1) is 12.7. The number of rotatable bonds is 2. The molecular weight excluding hydrogens is 234 g/mol. The molecule has 102 valence electrons. The van der Waals surface area contributed by atoms with Gasteiger partial charge in [-0.25, -0.2) is 0 Å². The summed E-state index contributed by atoms with van der Waals surface area (Å²) < 4.78 is 2.27. The summed E-state index contributed by atoms with van der Waals surface area (Å²) in [6.45, 7) is 9.46. The molecule has 0 unspecified atom stereocenters. The molecule has 19 heavy (non-hydrogen) atoms. The predicted octanol–water partition coefficient (Wildman–Crippen LogP) is 2.67. The number of aromatic nitrogens is 1. The molecule has 0 spiro atoms. The van der Waals surface area contributed by atoms with Gasteiger partial charge in [-0.15, -0.1) is 0 Å². The first-order chi connectivity index (χ1) is 9.02. The van der Waals surface area contributed by atoms with Crippen molar-refractivity contribution in [2.75, 3.05) is 0 Å². The Morgan fingerprint density at radius 1 is 1.21 bits per heavy atom. The van der Waals surface area contributed by atoms with Crippen LogP contribution in [0.3, 0.4) is 0 Å². The molecular formula is C16H23N3. The molecule has 2 heterocycles. The highest BCUT2D eigenvalue weighted by molar-refractivity contribution is 5.87. The first-order valence-electron chi connectivity index (χ1n) is 7.06. The summed E-state index contributed by atoms with van der Waals surface area (Å²) in [6.07, 6.45) is 0. The van der Waals surface area contributed by atoms with Crippen LogP contribution in [0.2, 0.25) is 0 Å². The van der Waals surface area contributed by atoms with Crippen molar-refractivity contribution in [2.24, 2.45) is 12.8 Å². The van der Waals surface area contributed by atoms with Crippen LogP contribution in [0.15, 0.2) is 12.1 Å². The molecule has 0 saturated heterocycles. The fraction of sp³-hybridized carbons (Fsp3) is 0.500. The molecule has 3 rings (SSSR count). The number of hydrogen-bond acceptors (Lipinski definition) is 2. The molecule has 2 aromatic rings. The monoisotopic (exact) mass is 257 g/mol. The molecule has 1 aliphatic rings. The minimum absolute atomic E-state index is 0.603. The normalized spacial score (nSPS) is 15.7. The Hall–Kier alpha value is -1.32. The second-order valence-electron chi connectivity index (χ2n) is 5.96. The molecule has 0 radical (unpaired) electrons. The van der Waals surface area contributed by atoms with Crippen LogP contribution in [0.4, 0.5) is 0 Å². The van der Waals surface area contributed by atoms with Gasteiger partial charge >= 0.3 is 0 Å². The van der Waals surface area contributed by atoms with Gasteiger partial charge in [-0.1, -0.05) is 0 Å². The Kier molecular flexibility index (Phi) is 2.91. The molecule has 3 heteroatoms. The lowest BCUT2D eigenvalue weighted by Gasteiger charge is -2.18. The van der Waals surface area contributed by atoms with Gasteiger partial charge < -0.3 is 10.3 Å². The van der Waals surface area contributed by atoms with Crippen LogP contribution in [-0.4, -0.2) is 15.5 Å². The van der Waals surface area contributed by atoms with Crippen LogP contribution in [0.5, 0.6) is 0 Å². The molecule has 2 N–H and O–H groups in total. The van der Waals surface area contributed by atoms with Crippen LogP contribution in [0, 0.1) is 6.92 Å². The maximum Gasteiger partial charge on any atom is 0.0486 e. The summed E-state index contributed by atoms with van der Waals surface area (Å²) in [4.78, 5) is 2.51. The third-order valence-electron chi connectivity index (χ3n) is 4.63. The zero-order valence-corrected chi connectivity index (χ0v) is 12.3. The van der Waals surface area contributed by atoms with Crippen molar-refractivity contribution in [3.05, 3.63) is 34.5 Å². The van der Waals surface area contributed by atoms with E-state index in [4.69, 9.17) is 5.73 Å². The standard InChI is InChI=1S/C16H23N3/c1-10(2)19-8-12-5-14-15(7-17)11(3)18(4)16(14)6-13(12)9-19/h5-6,10H,7-9,17H2,1-4H3. The molecule has 1 aliphatic heterocycles. The molecule has 0 atom stereocenters. The van der Waals surface area contributed by atoms with Gasteiger partial charge in [0.15, 0.2) is 0 Å². The van der Waals surface area contributed by atoms with Crippen molar-refractivity contribution < 1.29 is 0 Å². The van der Waals surface area contributed by atoms with E-state index in [2.05, 4.69) is 49.4 Å². The molecule has 0 aliphatic carbocycles. The summed E-state index contributed by atoms with van der Waals surface area (Å²) >= 11 is 0. The number of hydrogen-bond donors (Lipinski definition) is 1. The molecule has 0 saturated carbocycles. The summed E-state index contributed by atoms with van der Waals surface area (Å²) in [7, 11) is 2.14. The topological polar surface area (TPSA) is 34.2 Å². The van der Waals surface area contributed by atoms with Crippen LogP contribution in [-0.2, 0) is 26.7 Å². The minimum Gasteiger partial charge on any atom is -0.348 e. The van der Waals surface area contributed by atoms with E-state index < -0.39 is 0 Å². The van der Waals surface area contributed by atoms with E-state index >= 15 is 0 Å². The molecule has 3 nitrogen and oxygen atoms in total. The van der Waals surface area contributed by atoms with Gasteiger partial charge in [0, 0.05) is 49.3 Å². The Morgan fingerprint density at radius 2 is 1.84 bits per heavy atom. The lowest BCUT2D eigenvalue weighted by Crippen LogP contribution is -2.24. The molecule has 0 bridgehead atoms. The molecule has 1 aromatic carbocycles. The largest absolute Gasteiger partial charge is 0.348 e. The summed E-state index contributed by atoms with van der Waals surface area (Å²) in [5.74, 6) is 0.